The molecule has 0 aliphatic heterocycles. The molecule has 116 valence electrons. The lowest BCUT2D eigenvalue weighted by molar-refractivity contribution is 1.21. The first-order chi connectivity index (χ1) is 11.8. The molecule has 0 saturated heterocycles. The third-order valence-electron chi connectivity index (χ3n) is 4.29. The zero-order valence-electron chi connectivity index (χ0n) is 13.6. The molecule has 0 amide bonds. The zero-order chi connectivity index (χ0) is 16.4. The Labute approximate surface area is 142 Å². The van der Waals surface area contributed by atoms with E-state index >= 15 is 0 Å². The number of pyridine rings is 1. The fourth-order valence-corrected chi connectivity index (χ4v) is 2.88. The van der Waals surface area contributed by atoms with Crippen LogP contribution in [0.4, 0.5) is 11.4 Å². The first kappa shape index (κ1) is 14.5. The maximum absolute atomic E-state index is 4.76. The molecule has 0 spiro atoms. The van der Waals surface area contributed by atoms with Crippen molar-refractivity contribution in [1.82, 2.24) is 4.98 Å². The van der Waals surface area contributed by atoms with Crippen LogP contribution in [-0.2, 0) is 0 Å². The van der Waals surface area contributed by atoms with Gasteiger partial charge in [0.1, 0.15) is 0 Å². The highest BCUT2D eigenvalue weighted by Crippen LogP contribution is 2.27. The second-order valence-corrected chi connectivity index (χ2v) is 5.83. The predicted octanol–water partition coefficient (Wildman–Crippen LogP) is 5.67. The van der Waals surface area contributed by atoms with Crippen LogP contribution in [0, 0.1) is 0 Å². The summed E-state index contributed by atoms with van der Waals surface area (Å²) in [6.45, 7) is 0. The highest BCUT2D eigenvalue weighted by Gasteiger charge is 2.05. The molecule has 24 heavy (non-hydrogen) atoms. The number of benzene rings is 3. The minimum Gasteiger partial charge on any atom is -0.345 e. The van der Waals surface area contributed by atoms with Crippen molar-refractivity contribution in [2.75, 3.05) is 11.9 Å². The van der Waals surface area contributed by atoms with Gasteiger partial charge < -0.3 is 4.90 Å². The minimum absolute atomic E-state index is 1.00. The van der Waals surface area contributed by atoms with Crippen molar-refractivity contribution in [3.8, 4) is 11.3 Å². The van der Waals surface area contributed by atoms with Gasteiger partial charge in [-0.15, -0.1) is 0 Å². The Balaban J connectivity index is 1.65. The molecule has 4 aromatic rings. The van der Waals surface area contributed by atoms with Gasteiger partial charge in [-0.1, -0.05) is 54.6 Å². The Morgan fingerprint density at radius 1 is 0.625 bits per heavy atom. The van der Waals surface area contributed by atoms with E-state index in [-0.39, 0.29) is 0 Å². The normalized spacial score (nSPS) is 10.7. The molecule has 0 radical (unpaired) electrons. The number of nitrogens with zero attached hydrogens (tertiary/aromatic N) is 2. The van der Waals surface area contributed by atoms with E-state index in [1.165, 1.54) is 11.1 Å². The van der Waals surface area contributed by atoms with E-state index in [2.05, 4.69) is 84.7 Å². The van der Waals surface area contributed by atoms with E-state index in [9.17, 15) is 0 Å². The fraction of sp³-hybridized carbons (Fsp3) is 0.0455. The topological polar surface area (TPSA) is 16.1 Å². The van der Waals surface area contributed by atoms with Crippen LogP contribution in [0.1, 0.15) is 0 Å². The Morgan fingerprint density at radius 3 is 2.08 bits per heavy atom. The van der Waals surface area contributed by atoms with Crippen LogP contribution in [0.2, 0.25) is 0 Å². The summed E-state index contributed by atoms with van der Waals surface area (Å²) >= 11 is 0. The van der Waals surface area contributed by atoms with Crippen LogP contribution in [-0.4, -0.2) is 12.0 Å². The van der Waals surface area contributed by atoms with Crippen molar-refractivity contribution in [3.05, 3.63) is 91.0 Å². The van der Waals surface area contributed by atoms with Crippen LogP contribution < -0.4 is 4.90 Å². The Bertz CT molecular complexity index is 960. The average Bonchev–Trinajstić information content (AvgIpc) is 2.68. The summed E-state index contributed by atoms with van der Waals surface area (Å²) in [5.41, 5.74) is 5.49. The van der Waals surface area contributed by atoms with Crippen LogP contribution in [0.25, 0.3) is 22.2 Å². The third kappa shape index (κ3) is 2.74. The van der Waals surface area contributed by atoms with Gasteiger partial charge in [0.15, 0.2) is 0 Å². The van der Waals surface area contributed by atoms with Gasteiger partial charge in [0.05, 0.1) is 11.2 Å². The third-order valence-corrected chi connectivity index (χ3v) is 4.29. The summed E-state index contributed by atoms with van der Waals surface area (Å²) in [6, 6.07) is 31.3. The first-order valence-electron chi connectivity index (χ1n) is 8.06. The van der Waals surface area contributed by atoms with Gasteiger partial charge in [0.2, 0.25) is 0 Å². The van der Waals surface area contributed by atoms with Crippen molar-refractivity contribution < 1.29 is 0 Å². The van der Waals surface area contributed by atoms with E-state index in [0.717, 1.165) is 22.5 Å². The van der Waals surface area contributed by atoms with Crippen LogP contribution >= 0.6 is 0 Å². The number of hydrogen-bond acceptors (Lipinski definition) is 2. The number of aromatic nitrogens is 1. The van der Waals surface area contributed by atoms with Gasteiger partial charge in [-0.2, -0.15) is 0 Å². The molecular formula is C22H18N2. The summed E-state index contributed by atoms with van der Waals surface area (Å²) in [6.07, 6.45) is 0. The van der Waals surface area contributed by atoms with E-state index in [1.807, 2.05) is 18.2 Å². The monoisotopic (exact) mass is 310 g/mol. The molecule has 0 atom stereocenters. The average molecular weight is 310 g/mol. The van der Waals surface area contributed by atoms with Gasteiger partial charge >= 0.3 is 0 Å². The van der Waals surface area contributed by atoms with E-state index in [4.69, 9.17) is 4.98 Å². The molecular weight excluding hydrogens is 292 g/mol. The van der Waals surface area contributed by atoms with E-state index in [0.29, 0.717) is 0 Å². The molecule has 0 aliphatic rings. The highest BCUT2D eigenvalue weighted by atomic mass is 15.1. The zero-order valence-corrected chi connectivity index (χ0v) is 13.6. The lowest BCUT2D eigenvalue weighted by Gasteiger charge is -2.19. The van der Waals surface area contributed by atoms with Gasteiger partial charge in [-0.05, 0) is 36.4 Å². The highest BCUT2D eigenvalue weighted by molar-refractivity contribution is 5.81. The summed E-state index contributed by atoms with van der Waals surface area (Å²) in [7, 11) is 2.08. The predicted molar refractivity (Wildman–Crippen MR) is 102 cm³/mol. The molecule has 4 rings (SSSR count). The summed E-state index contributed by atoms with van der Waals surface area (Å²) in [4.78, 5) is 6.94. The van der Waals surface area contributed by atoms with Gasteiger partial charge in [-0.25, -0.2) is 4.98 Å². The number of anilines is 2. The number of hydrogen-bond donors (Lipinski definition) is 0. The Kier molecular flexibility index (Phi) is 3.72. The minimum atomic E-state index is 1.00. The summed E-state index contributed by atoms with van der Waals surface area (Å²) < 4.78 is 0. The van der Waals surface area contributed by atoms with E-state index in [1.54, 1.807) is 0 Å². The Hall–Kier alpha value is -3.13. The SMILES string of the molecule is CN(c1ccccc1)c1ccc(-c2ccc3ccccc3n2)cc1. The fourth-order valence-electron chi connectivity index (χ4n) is 2.88. The molecule has 0 bridgehead atoms. The molecule has 1 aromatic heterocycles. The van der Waals surface area contributed by atoms with Crippen molar-refractivity contribution in [2.24, 2.45) is 0 Å². The van der Waals surface area contributed by atoms with Gasteiger partial charge in [0.25, 0.3) is 0 Å². The van der Waals surface area contributed by atoms with Crippen molar-refractivity contribution in [2.45, 2.75) is 0 Å². The molecule has 1 heterocycles. The van der Waals surface area contributed by atoms with Gasteiger partial charge in [0, 0.05) is 29.4 Å². The lowest BCUT2D eigenvalue weighted by Crippen LogP contribution is -2.08. The first-order valence-corrected chi connectivity index (χ1v) is 8.06. The van der Waals surface area contributed by atoms with Crippen molar-refractivity contribution in [3.63, 3.8) is 0 Å². The summed E-state index contributed by atoms with van der Waals surface area (Å²) in [5, 5.41) is 1.17. The molecule has 3 aromatic carbocycles. The maximum Gasteiger partial charge on any atom is 0.0709 e. The van der Waals surface area contributed by atoms with Crippen LogP contribution in [0.3, 0.4) is 0 Å². The van der Waals surface area contributed by atoms with Crippen LogP contribution in [0.5, 0.6) is 0 Å². The maximum atomic E-state index is 4.76. The molecule has 0 N–H and O–H groups in total. The standard InChI is InChI=1S/C22H18N2/c1-24(19-8-3-2-4-9-19)20-14-11-18(12-15-20)22-16-13-17-7-5-6-10-21(17)23-22/h2-16H,1H3. The van der Waals surface area contributed by atoms with E-state index < -0.39 is 0 Å². The molecule has 0 aliphatic carbocycles. The van der Waals surface area contributed by atoms with Gasteiger partial charge in [-0.3, -0.25) is 0 Å². The largest absolute Gasteiger partial charge is 0.345 e. The lowest BCUT2D eigenvalue weighted by atomic mass is 10.1. The van der Waals surface area contributed by atoms with Crippen molar-refractivity contribution >= 4 is 22.3 Å². The number of rotatable bonds is 3. The van der Waals surface area contributed by atoms with Crippen LogP contribution in [0.15, 0.2) is 91.0 Å². The quantitative estimate of drug-likeness (QED) is 0.484. The Morgan fingerprint density at radius 2 is 1.29 bits per heavy atom. The molecule has 0 unspecified atom stereocenters. The second-order valence-electron chi connectivity index (χ2n) is 5.83. The molecule has 0 fully saturated rings. The summed E-state index contributed by atoms with van der Waals surface area (Å²) in [5.74, 6) is 0. The molecule has 0 saturated carbocycles. The molecule has 2 heteroatoms. The second kappa shape index (κ2) is 6.17. The number of para-hydroxylation sites is 2. The van der Waals surface area contributed by atoms with Crippen molar-refractivity contribution in [1.29, 1.82) is 0 Å². The molecule has 2 nitrogen and oxygen atoms in total. The number of fused-ring (bicyclic) bond motifs is 1. The smallest absolute Gasteiger partial charge is 0.0709 e.